The van der Waals surface area contributed by atoms with Crippen molar-refractivity contribution in [1.29, 1.82) is 0 Å². The fraction of sp³-hybridized carbons (Fsp3) is 0.375. The number of anilines is 1. The zero-order chi connectivity index (χ0) is 14.7. The first-order chi connectivity index (χ1) is 10.3. The standard InChI is InChI=1S/C16H18BrN3O/c17-8-10-19(12-13-4-2-1-3-5-13)15-16(21)20(11-9-18-15)14-6-7-14/h1-5,9,11,14H,6-8,10,12H2. The number of hydrogen-bond acceptors (Lipinski definition) is 3. The number of rotatable bonds is 6. The summed E-state index contributed by atoms with van der Waals surface area (Å²) in [5, 5.41) is 0.805. The highest BCUT2D eigenvalue weighted by molar-refractivity contribution is 9.09. The zero-order valence-electron chi connectivity index (χ0n) is 11.8. The summed E-state index contributed by atoms with van der Waals surface area (Å²) in [7, 11) is 0. The SMILES string of the molecule is O=c1c(N(CCBr)Cc2ccccc2)nccn1C1CC1. The molecule has 1 aliphatic rings. The van der Waals surface area contributed by atoms with E-state index in [1.807, 2.05) is 27.7 Å². The maximum absolute atomic E-state index is 12.6. The predicted octanol–water partition coefficient (Wildman–Crippen LogP) is 2.98. The second-order valence-electron chi connectivity index (χ2n) is 5.29. The van der Waals surface area contributed by atoms with Gasteiger partial charge in [-0.05, 0) is 18.4 Å². The average Bonchev–Trinajstić information content (AvgIpc) is 3.33. The van der Waals surface area contributed by atoms with Crippen molar-refractivity contribution in [2.24, 2.45) is 0 Å². The Hall–Kier alpha value is -1.62. The molecule has 0 unspecified atom stereocenters. The molecule has 0 saturated heterocycles. The van der Waals surface area contributed by atoms with Crippen LogP contribution in [-0.2, 0) is 6.54 Å². The van der Waals surface area contributed by atoms with Crippen molar-refractivity contribution in [2.45, 2.75) is 25.4 Å². The van der Waals surface area contributed by atoms with E-state index in [1.54, 1.807) is 12.4 Å². The van der Waals surface area contributed by atoms with E-state index < -0.39 is 0 Å². The van der Waals surface area contributed by atoms with Gasteiger partial charge in [-0.3, -0.25) is 4.79 Å². The average molecular weight is 348 g/mol. The van der Waals surface area contributed by atoms with E-state index in [2.05, 4.69) is 33.0 Å². The van der Waals surface area contributed by atoms with E-state index in [0.717, 1.165) is 24.7 Å². The van der Waals surface area contributed by atoms with Gasteiger partial charge in [-0.2, -0.15) is 0 Å². The molecule has 5 heteroatoms. The molecule has 4 nitrogen and oxygen atoms in total. The van der Waals surface area contributed by atoms with Crippen molar-refractivity contribution in [2.75, 3.05) is 16.8 Å². The number of benzene rings is 1. The Morgan fingerprint density at radius 3 is 2.71 bits per heavy atom. The van der Waals surface area contributed by atoms with Crippen LogP contribution in [0.5, 0.6) is 0 Å². The topological polar surface area (TPSA) is 38.1 Å². The molecule has 0 N–H and O–H groups in total. The van der Waals surface area contributed by atoms with E-state index in [4.69, 9.17) is 0 Å². The quantitative estimate of drug-likeness (QED) is 0.754. The fourth-order valence-corrected chi connectivity index (χ4v) is 2.87. The van der Waals surface area contributed by atoms with Crippen molar-refractivity contribution in [3.05, 3.63) is 58.6 Å². The molecule has 3 rings (SSSR count). The first kappa shape index (κ1) is 14.3. The minimum absolute atomic E-state index is 0.0249. The highest BCUT2D eigenvalue weighted by Crippen LogP contribution is 2.33. The van der Waals surface area contributed by atoms with Crippen molar-refractivity contribution < 1.29 is 0 Å². The number of nitrogens with zero attached hydrogens (tertiary/aromatic N) is 3. The second-order valence-corrected chi connectivity index (χ2v) is 6.08. The zero-order valence-corrected chi connectivity index (χ0v) is 13.4. The molecule has 1 aromatic heterocycles. The van der Waals surface area contributed by atoms with Gasteiger partial charge in [0.05, 0.1) is 0 Å². The maximum atomic E-state index is 12.6. The van der Waals surface area contributed by atoms with Crippen LogP contribution >= 0.6 is 15.9 Å². The summed E-state index contributed by atoms with van der Waals surface area (Å²) in [5.41, 5.74) is 1.21. The lowest BCUT2D eigenvalue weighted by molar-refractivity contribution is 0.684. The van der Waals surface area contributed by atoms with E-state index >= 15 is 0 Å². The summed E-state index contributed by atoms with van der Waals surface area (Å²) in [6.45, 7) is 1.45. The van der Waals surface area contributed by atoms with Gasteiger partial charge < -0.3 is 9.47 Å². The lowest BCUT2D eigenvalue weighted by atomic mass is 10.2. The Labute approximate surface area is 132 Å². The predicted molar refractivity (Wildman–Crippen MR) is 88.1 cm³/mol. The third kappa shape index (κ3) is 3.35. The Morgan fingerprint density at radius 2 is 2.05 bits per heavy atom. The van der Waals surface area contributed by atoms with Gasteiger partial charge in [0.25, 0.3) is 5.56 Å². The Kier molecular flexibility index (Phi) is 4.39. The van der Waals surface area contributed by atoms with Gasteiger partial charge in [-0.25, -0.2) is 4.98 Å². The molecule has 1 aromatic carbocycles. The number of halogens is 1. The fourth-order valence-electron chi connectivity index (χ4n) is 2.44. The van der Waals surface area contributed by atoms with Gasteiger partial charge >= 0.3 is 0 Å². The number of aromatic nitrogens is 2. The Balaban J connectivity index is 1.90. The lowest BCUT2D eigenvalue weighted by Gasteiger charge is -2.22. The van der Waals surface area contributed by atoms with Crippen LogP contribution in [-0.4, -0.2) is 21.4 Å². The minimum Gasteiger partial charge on any atom is -0.347 e. The highest BCUT2D eigenvalue weighted by Gasteiger charge is 2.26. The third-order valence-electron chi connectivity index (χ3n) is 3.66. The van der Waals surface area contributed by atoms with Gasteiger partial charge in [-0.15, -0.1) is 0 Å². The summed E-state index contributed by atoms with van der Waals surface area (Å²) >= 11 is 3.47. The van der Waals surface area contributed by atoms with E-state index in [-0.39, 0.29) is 5.56 Å². The molecular weight excluding hydrogens is 330 g/mol. The van der Waals surface area contributed by atoms with Crippen molar-refractivity contribution in [3.63, 3.8) is 0 Å². The van der Waals surface area contributed by atoms with Crippen molar-refractivity contribution in [1.82, 2.24) is 9.55 Å². The molecule has 0 spiro atoms. The third-order valence-corrected chi connectivity index (χ3v) is 4.02. The van der Waals surface area contributed by atoms with Crippen LogP contribution in [0.15, 0.2) is 47.5 Å². The molecule has 0 bridgehead atoms. The van der Waals surface area contributed by atoms with E-state index in [1.165, 1.54) is 5.56 Å². The molecule has 0 atom stereocenters. The largest absolute Gasteiger partial charge is 0.347 e. The molecule has 0 amide bonds. The second kappa shape index (κ2) is 6.43. The maximum Gasteiger partial charge on any atom is 0.293 e. The molecule has 110 valence electrons. The summed E-state index contributed by atoms with van der Waals surface area (Å²) in [6, 6.07) is 10.6. The highest BCUT2D eigenvalue weighted by atomic mass is 79.9. The van der Waals surface area contributed by atoms with Crippen LogP contribution in [0, 0.1) is 0 Å². The van der Waals surface area contributed by atoms with Gasteiger partial charge in [0.2, 0.25) is 0 Å². The van der Waals surface area contributed by atoms with Gasteiger partial charge in [0, 0.05) is 36.9 Å². The van der Waals surface area contributed by atoms with Crippen LogP contribution in [0.2, 0.25) is 0 Å². The Morgan fingerprint density at radius 1 is 1.29 bits per heavy atom. The summed E-state index contributed by atoms with van der Waals surface area (Å²) in [4.78, 5) is 19.0. The van der Waals surface area contributed by atoms with Crippen LogP contribution in [0.1, 0.15) is 24.4 Å². The Bertz CT molecular complexity index is 652. The molecular formula is C16H18BrN3O. The normalized spacial score (nSPS) is 14.1. The lowest BCUT2D eigenvalue weighted by Crippen LogP contribution is -2.34. The van der Waals surface area contributed by atoms with Crippen LogP contribution < -0.4 is 10.5 Å². The molecule has 1 heterocycles. The number of alkyl halides is 1. The molecule has 2 aromatic rings. The molecule has 1 aliphatic carbocycles. The first-order valence-electron chi connectivity index (χ1n) is 7.21. The monoisotopic (exact) mass is 347 g/mol. The summed E-state index contributed by atoms with van der Waals surface area (Å²) in [5.74, 6) is 0.549. The van der Waals surface area contributed by atoms with Gasteiger partial charge in [0.15, 0.2) is 5.82 Å². The van der Waals surface area contributed by atoms with Crippen LogP contribution in [0.25, 0.3) is 0 Å². The van der Waals surface area contributed by atoms with E-state index in [9.17, 15) is 4.79 Å². The minimum atomic E-state index is 0.0249. The van der Waals surface area contributed by atoms with Crippen LogP contribution in [0.3, 0.4) is 0 Å². The van der Waals surface area contributed by atoms with Crippen LogP contribution in [0.4, 0.5) is 5.82 Å². The smallest absolute Gasteiger partial charge is 0.293 e. The molecule has 1 saturated carbocycles. The summed E-state index contributed by atoms with van der Waals surface area (Å²) < 4.78 is 1.83. The molecule has 0 aliphatic heterocycles. The molecule has 21 heavy (non-hydrogen) atoms. The van der Waals surface area contributed by atoms with Crippen molar-refractivity contribution in [3.8, 4) is 0 Å². The van der Waals surface area contributed by atoms with Gasteiger partial charge in [0.1, 0.15) is 0 Å². The number of hydrogen-bond donors (Lipinski definition) is 0. The van der Waals surface area contributed by atoms with Crippen molar-refractivity contribution >= 4 is 21.7 Å². The molecule has 1 fully saturated rings. The van der Waals surface area contributed by atoms with E-state index in [0.29, 0.717) is 18.4 Å². The summed E-state index contributed by atoms with van der Waals surface area (Å²) in [6.07, 6.45) is 5.74. The molecule has 0 radical (unpaired) electrons. The van der Waals surface area contributed by atoms with Gasteiger partial charge in [-0.1, -0.05) is 46.3 Å². The first-order valence-corrected chi connectivity index (χ1v) is 8.33.